The summed E-state index contributed by atoms with van der Waals surface area (Å²) >= 11 is 0. The zero-order valence-electron chi connectivity index (χ0n) is 9.31. The summed E-state index contributed by atoms with van der Waals surface area (Å²) in [6, 6.07) is 16.7. The van der Waals surface area contributed by atoms with Crippen LogP contribution in [0, 0.1) is 0 Å². The number of benzene rings is 2. The lowest BCUT2D eigenvalue weighted by atomic mass is 9.86. The molecule has 0 radical (unpaired) electrons. The highest BCUT2D eigenvalue weighted by molar-refractivity contribution is 5.53. The minimum absolute atomic E-state index is 0.473. The second-order valence-electron chi connectivity index (χ2n) is 4.14. The molecule has 0 saturated heterocycles. The summed E-state index contributed by atoms with van der Waals surface area (Å²) < 4.78 is 5.91. The van der Waals surface area contributed by atoms with E-state index in [4.69, 9.17) is 4.74 Å². The van der Waals surface area contributed by atoms with Crippen molar-refractivity contribution in [1.29, 1.82) is 0 Å². The van der Waals surface area contributed by atoms with Gasteiger partial charge < -0.3 is 4.74 Å². The molecule has 1 aliphatic rings. The highest BCUT2D eigenvalue weighted by atomic mass is 16.5. The molecule has 0 N–H and O–H groups in total. The first-order valence-electron chi connectivity index (χ1n) is 5.76. The smallest absolute Gasteiger partial charge is 0.131 e. The number of hydrogen-bond donors (Lipinski definition) is 0. The summed E-state index contributed by atoms with van der Waals surface area (Å²) in [6.07, 6.45) is 1.11. The zero-order valence-corrected chi connectivity index (χ0v) is 9.31. The van der Waals surface area contributed by atoms with Crippen LogP contribution in [-0.2, 0) is 0 Å². The lowest BCUT2D eigenvalue weighted by molar-refractivity contribution is 0.443. The second kappa shape index (κ2) is 3.67. The lowest BCUT2D eigenvalue weighted by Gasteiger charge is -2.27. The maximum Gasteiger partial charge on any atom is 0.131 e. The van der Waals surface area contributed by atoms with Gasteiger partial charge in [0.1, 0.15) is 11.5 Å². The van der Waals surface area contributed by atoms with Crippen molar-refractivity contribution in [3.05, 3.63) is 59.7 Å². The summed E-state index contributed by atoms with van der Waals surface area (Å²) in [5.74, 6) is 2.49. The van der Waals surface area contributed by atoms with E-state index in [-0.39, 0.29) is 0 Å². The molecule has 1 heteroatoms. The molecule has 0 bridgehead atoms. The molecule has 2 aromatic rings. The van der Waals surface area contributed by atoms with E-state index in [0.717, 1.165) is 17.9 Å². The molecule has 1 nitrogen and oxygen atoms in total. The molecule has 0 spiro atoms. The average Bonchev–Trinajstić information content (AvgIpc) is 2.36. The summed E-state index contributed by atoms with van der Waals surface area (Å²) in [4.78, 5) is 0. The van der Waals surface area contributed by atoms with E-state index in [1.54, 1.807) is 0 Å². The van der Waals surface area contributed by atoms with E-state index < -0.39 is 0 Å². The Bertz CT molecular complexity index is 471. The second-order valence-corrected chi connectivity index (χ2v) is 4.14. The Morgan fingerprint density at radius 2 is 1.38 bits per heavy atom. The van der Waals surface area contributed by atoms with Gasteiger partial charge in [0.15, 0.2) is 0 Å². The predicted octanol–water partition coefficient (Wildman–Crippen LogP) is 4.33. The van der Waals surface area contributed by atoms with Crippen molar-refractivity contribution in [3.8, 4) is 11.5 Å². The maximum absolute atomic E-state index is 5.91. The number of rotatable bonds is 1. The fraction of sp³-hybridized carbons (Fsp3) is 0.200. The lowest BCUT2D eigenvalue weighted by Crippen LogP contribution is -2.08. The van der Waals surface area contributed by atoms with Gasteiger partial charge in [-0.1, -0.05) is 43.3 Å². The monoisotopic (exact) mass is 210 g/mol. The van der Waals surface area contributed by atoms with E-state index in [2.05, 4.69) is 31.2 Å². The van der Waals surface area contributed by atoms with Gasteiger partial charge in [-0.2, -0.15) is 0 Å². The molecule has 1 heterocycles. The predicted molar refractivity (Wildman–Crippen MR) is 65.1 cm³/mol. The quantitative estimate of drug-likeness (QED) is 0.680. The van der Waals surface area contributed by atoms with Crippen molar-refractivity contribution >= 4 is 0 Å². The minimum Gasteiger partial charge on any atom is -0.457 e. The van der Waals surface area contributed by atoms with Crippen molar-refractivity contribution in [2.45, 2.75) is 19.3 Å². The standard InChI is InChI=1S/C15H14O/c1-2-11-12-7-3-5-9-14(12)16-15-10-6-4-8-13(11)15/h3-11H,2H2,1H3. The third-order valence-electron chi connectivity index (χ3n) is 3.22. The fourth-order valence-electron chi connectivity index (χ4n) is 2.45. The van der Waals surface area contributed by atoms with Crippen LogP contribution < -0.4 is 4.74 Å². The van der Waals surface area contributed by atoms with Crippen molar-refractivity contribution < 1.29 is 4.74 Å². The van der Waals surface area contributed by atoms with E-state index in [0.29, 0.717) is 5.92 Å². The van der Waals surface area contributed by atoms with E-state index in [1.165, 1.54) is 11.1 Å². The van der Waals surface area contributed by atoms with Crippen LogP contribution in [0.2, 0.25) is 0 Å². The Morgan fingerprint density at radius 3 is 1.88 bits per heavy atom. The van der Waals surface area contributed by atoms with Gasteiger partial charge in [-0.3, -0.25) is 0 Å². The SMILES string of the molecule is CCC1c2ccccc2Oc2ccccc21. The Hall–Kier alpha value is -1.76. The molecule has 0 atom stereocenters. The van der Waals surface area contributed by atoms with Crippen LogP contribution in [0.4, 0.5) is 0 Å². The number of para-hydroxylation sites is 2. The van der Waals surface area contributed by atoms with Crippen molar-refractivity contribution in [2.75, 3.05) is 0 Å². The Labute approximate surface area is 95.7 Å². The first-order chi connectivity index (χ1) is 7.90. The van der Waals surface area contributed by atoms with Gasteiger partial charge in [0.25, 0.3) is 0 Å². The third-order valence-corrected chi connectivity index (χ3v) is 3.22. The molecule has 0 fully saturated rings. The van der Waals surface area contributed by atoms with Gasteiger partial charge in [-0.15, -0.1) is 0 Å². The first-order valence-corrected chi connectivity index (χ1v) is 5.76. The van der Waals surface area contributed by atoms with Crippen molar-refractivity contribution in [2.24, 2.45) is 0 Å². The van der Waals surface area contributed by atoms with Crippen LogP contribution in [0.1, 0.15) is 30.4 Å². The van der Waals surface area contributed by atoms with Crippen molar-refractivity contribution in [3.63, 3.8) is 0 Å². The molecule has 0 aromatic heterocycles. The normalized spacial score (nSPS) is 13.8. The Kier molecular flexibility index (Phi) is 2.17. The van der Waals surface area contributed by atoms with Crippen LogP contribution in [0.3, 0.4) is 0 Å². The van der Waals surface area contributed by atoms with Crippen molar-refractivity contribution in [1.82, 2.24) is 0 Å². The molecule has 0 unspecified atom stereocenters. The van der Waals surface area contributed by atoms with Gasteiger partial charge >= 0.3 is 0 Å². The molecule has 1 aliphatic heterocycles. The van der Waals surface area contributed by atoms with E-state index in [9.17, 15) is 0 Å². The molecular weight excluding hydrogens is 196 g/mol. The van der Waals surface area contributed by atoms with Crippen LogP contribution >= 0.6 is 0 Å². The molecule has 0 amide bonds. The molecule has 0 saturated carbocycles. The highest BCUT2D eigenvalue weighted by Crippen LogP contribution is 2.44. The molecule has 16 heavy (non-hydrogen) atoms. The van der Waals surface area contributed by atoms with Gasteiger partial charge in [-0.25, -0.2) is 0 Å². The molecule has 2 aromatic carbocycles. The minimum atomic E-state index is 0.473. The number of ether oxygens (including phenoxy) is 1. The van der Waals surface area contributed by atoms with Crippen LogP contribution in [0.25, 0.3) is 0 Å². The molecule has 80 valence electrons. The first kappa shape index (κ1) is 9.46. The topological polar surface area (TPSA) is 9.23 Å². The number of fused-ring (bicyclic) bond motifs is 2. The van der Waals surface area contributed by atoms with Gasteiger partial charge in [-0.05, 0) is 18.6 Å². The molecule has 3 rings (SSSR count). The summed E-state index contributed by atoms with van der Waals surface area (Å²) in [7, 11) is 0. The molecular formula is C15H14O. The maximum atomic E-state index is 5.91. The summed E-state index contributed by atoms with van der Waals surface area (Å²) in [5, 5.41) is 0. The van der Waals surface area contributed by atoms with Gasteiger partial charge in [0, 0.05) is 17.0 Å². The van der Waals surface area contributed by atoms with E-state index in [1.807, 2.05) is 24.3 Å². The average molecular weight is 210 g/mol. The largest absolute Gasteiger partial charge is 0.457 e. The third kappa shape index (κ3) is 1.32. The van der Waals surface area contributed by atoms with Gasteiger partial charge in [0.05, 0.1) is 0 Å². The Morgan fingerprint density at radius 1 is 0.875 bits per heavy atom. The number of hydrogen-bond acceptors (Lipinski definition) is 1. The fourth-order valence-corrected chi connectivity index (χ4v) is 2.45. The molecule has 0 aliphatic carbocycles. The van der Waals surface area contributed by atoms with Crippen LogP contribution in [-0.4, -0.2) is 0 Å². The highest BCUT2D eigenvalue weighted by Gasteiger charge is 2.24. The van der Waals surface area contributed by atoms with Gasteiger partial charge in [0.2, 0.25) is 0 Å². The zero-order chi connectivity index (χ0) is 11.0. The summed E-state index contributed by atoms with van der Waals surface area (Å²) in [5.41, 5.74) is 2.62. The van der Waals surface area contributed by atoms with E-state index >= 15 is 0 Å². The Balaban J connectivity index is 2.19. The summed E-state index contributed by atoms with van der Waals surface area (Å²) in [6.45, 7) is 2.23. The van der Waals surface area contributed by atoms with Crippen LogP contribution in [0.5, 0.6) is 11.5 Å². The van der Waals surface area contributed by atoms with Crippen LogP contribution in [0.15, 0.2) is 48.5 Å².